The smallest absolute Gasteiger partial charge is 0.341 e. The minimum Gasteiger partial charge on any atom is -0.479 e. The number of hydrogen-bond acceptors (Lipinski definition) is 7. The van der Waals surface area contributed by atoms with Gasteiger partial charge in [0.15, 0.2) is 5.82 Å². The fourth-order valence-corrected chi connectivity index (χ4v) is 3.81. The van der Waals surface area contributed by atoms with E-state index in [0.717, 1.165) is 28.7 Å². The molecule has 2 amide bonds. The molecule has 0 radical (unpaired) electrons. The van der Waals surface area contributed by atoms with Crippen LogP contribution in [0.5, 0.6) is 0 Å². The van der Waals surface area contributed by atoms with Gasteiger partial charge >= 0.3 is 18.0 Å². The summed E-state index contributed by atoms with van der Waals surface area (Å²) in [5.41, 5.74) is 0.786. The molecule has 0 saturated heterocycles. The number of hydrogen-bond donors (Lipinski definition) is 4. The van der Waals surface area contributed by atoms with Crippen molar-refractivity contribution in [2.45, 2.75) is 44.7 Å². The predicted octanol–water partition coefficient (Wildman–Crippen LogP) is 3.06. The average molecular weight is 506 g/mol. The Morgan fingerprint density at radius 3 is 2.32 bits per heavy atom. The molecule has 2 aromatic carbocycles. The highest BCUT2D eigenvalue weighted by molar-refractivity contribution is 6.06. The van der Waals surface area contributed by atoms with Gasteiger partial charge < -0.3 is 20.4 Å². The standard InChI is InChI=1S/C25H27N7O5/c1-2-3-15-32(24(37)27-25(22(33)34,23(35)36)13-6-14-26)16-17-9-11-18(12-10-17)19-7-4-5-8-20(19)21-28-30-31-29-21/h4-5,7-12H,2-3,6,13,15-16H2,1H3,(H,27,37)(H,33,34)(H,35,36)(H,28,29,30,31). The highest BCUT2D eigenvalue weighted by Gasteiger charge is 2.48. The van der Waals surface area contributed by atoms with Crippen molar-refractivity contribution in [3.05, 3.63) is 54.1 Å². The number of aromatic nitrogens is 4. The molecule has 0 aliphatic rings. The van der Waals surface area contributed by atoms with Crippen LogP contribution in [0.1, 0.15) is 38.2 Å². The third-order valence-electron chi connectivity index (χ3n) is 5.90. The zero-order valence-corrected chi connectivity index (χ0v) is 20.2. The molecule has 1 aromatic heterocycles. The molecule has 0 aliphatic carbocycles. The van der Waals surface area contributed by atoms with Crippen LogP contribution >= 0.6 is 0 Å². The molecule has 192 valence electrons. The number of aliphatic carboxylic acids is 2. The van der Waals surface area contributed by atoms with Gasteiger partial charge in [-0.15, -0.1) is 5.10 Å². The Labute approximate surface area is 212 Å². The number of tetrazole rings is 1. The van der Waals surface area contributed by atoms with Crippen molar-refractivity contribution >= 4 is 18.0 Å². The number of nitrogens with zero attached hydrogens (tertiary/aromatic N) is 5. The number of benzene rings is 2. The van der Waals surface area contributed by atoms with E-state index in [1.165, 1.54) is 4.90 Å². The molecule has 12 heteroatoms. The summed E-state index contributed by atoms with van der Waals surface area (Å²) in [6.07, 6.45) is 0.500. The molecule has 37 heavy (non-hydrogen) atoms. The molecule has 12 nitrogen and oxygen atoms in total. The Bertz CT molecular complexity index is 1260. The fourth-order valence-electron chi connectivity index (χ4n) is 3.81. The third kappa shape index (κ3) is 6.26. The Kier molecular flexibility index (Phi) is 8.88. The molecule has 3 aromatic rings. The number of rotatable bonds is 12. The predicted molar refractivity (Wildman–Crippen MR) is 132 cm³/mol. The zero-order valence-electron chi connectivity index (χ0n) is 20.2. The number of unbranched alkanes of at least 4 members (excludes halogenated alkanes) is 1. The van der Waals surface area contributed by atoms with Gasteiger partial charge in [0.1, 0.15) is 0 Å². The van der Waals surface area contributed by atoms with Crippen LogP contribution in [0.3, 0.4) is 0 Å². The molecule has 1 heterocycles. The maximum absolute atomic E-state index is 13.1. The van der Waals surface area contributed by atoms with E-state index in [9.17, 15) is 24.6 Å². The molecule has 0 fully saturated rings. The first kappa shape index (κ1) is 26.8. The Morgan fingerprint density at radius 1 is 1.08 bits per heavy atom. The van der Waals surface area contributed by atoms with Gasteiger partial charge in [-0.3, -0.25) is 0 Å². The molecular formula is C25H27N7O5. The van der Waals surface area contributed by atoms with Crippen LogP contribution in [0, 0.1) is 11.3 Å². The summed E-state index contributed by atoms with van der Waals surface area (Å²) in [4.78, 5) is 38.2. The summed E-state index contributed by atoms with van der Waals surface area (Å²) < 4.78 is 0. The Morgan fingerprint density at radius 2 is 1.76 bits per heavy atom. The second-order valence-electron chi connectivity index (χ2n) is 8.37. The van der Waals surface area contributed by atoms with Crippen LogP contribution < -0.4 is 5.32 Å². The highest BCUT2D eigenvalue weighted by Crippen LogP contribution is 2.30. The lowest BCUT2D eigenvalue weighted by molar-refractivity contribution is -0.158. The molecule has 3 rings (SSSR count). The molecular weight excluding hydrogens is 478 g/mol. The van der Waals surface area contributed by atoms with Crippen molar-refractivity contribution < 1.29 is 24.6 Å². The van der Waals surface area contributed by atoms with E-state index in [1.807, 2.05) is 55.5 Å². The van der Waals surface area contributed by atoms with Crippen molar-refractivity contribution in [3.63, 3.8) is 0 Å². The Hall–Kier alpha value is -4.79. The van der Waals surface area contributed by atoms with E-state index in [0.29, 0.717) is 18.8 Å². The first-order valence-electron chi connectivity index (χ1n) is 11.7. The van der Waals surface area contributed by atoms with E-state index in [1.54, 1.807) is 6.07 Å². The van der Waals surface area contributed by atoms with Crippen LogP contribution in [-0.4, -0.2) is 65.8 Å². The molecule has 0 spiro atoms. The number of nitriles is 1. The summed E-state index contributed by atoms with van der Waals surface area (Å²) in [5.74, 6) is -2.94. The largest absolute Gasteiger partial charge is 0.479 e. The van der Waals surface area contributed by atoms with Crippen LogP contribution in [-0.2, 0) is 16.1 Å². The van der Waals surface area contributed by atoms with Gasteiger partial charge in [-0.1, -0.05) is 61.9 Å². The lowest BCUT2D eigenvalue weighted by Crippen LogP contribution is -2.62. The highest BCUT2D eigenvalue weighted by atomic mass is 16.4. The first-order valence-corrected chi connectivity index (χ1v) is 11.7. The van der Waals surface area contributed by atoms with Crippen molar-refractivity contribution in [1.82, 2.24) is 30.8 Å². The number of aromatic amines is 1. The van der Waals surface area contributed by atoms with Crippen LogP contribution in [0.2, 0.25) is 0 Å². The van der Waals surface area contributed by atoms with Gasteiger partial charge in [0, 0.05) is 31.5 Å². The van der Waals surface area contributed by atoms with Crippen molar-refractivity contribution in [1.29, 1.82) is 5.26 Å². The van der Waals surface area contributed by atoms with E-state index < -0.39 is 29.9 Å². The van der Waals surface area contributed by atoms with E-state index in [4.69, 9.17) is 5.26 Å². The summed E-state index contributed by atoms with van der Waals surface area (Å²) >= 11 is 0. The van der Waals surface area contributed by atoms with Gasteiger partial charge in [0.2, 0.25) is 5.54 Å². The number of urea groups is 1. The second kappa shape index (κ2) is 12.3. The third-order valence-corrected chi connectivity index (χ3v) is 5.90. The second-order valence-corrected chi connectivity index (χ2v) is 8.37. The number of carboxylic acids is 2. The molecule has 0 aliphatic heterocycles. The lowest BCUT2D eigenvalue weighted by Gasteiger charge is -2.30. The minimum atomic E-state index is -2.60. The van der Waals surface area contributed by atoms with Crippen LogP contribution in [0.15, 0.2) is 48.5 Å². The SMILES string of the molecule is CCCCN(Cc1ccc(-c2ccccc2-c2nnn[nH]2)cc1)C(=O)NC(CCC#N)(C(=O)O)C(=O)O. The lowest BCUT2D eigenvalue weighted by atomic mass is 9.94. The van der Waals surface area contributed by atoms with Gasteiger partial charge in [-0.2, -0.15) is 5.26 Å². The van der Waals surface area contributed by atoms with Crippen LogP contribution in [0.4, 0.5) is 4.79 Å². The van der Waals surface area contributed by atoms with Crippen LogP contribution in [0.25, 0.3) is 22.5 Å². The van der Waals surface area contributed by atoms with E-state index in [-0.39, 0.29) is 13.0 Å². The van der Waals surface area contributed by atoms with Gasteiger partial charge in [-0.25, -0.2) is 19.5 Å². The maximum atomic E-state index is 13.1. The quantitative estimate of drug-likeness (QED) is 0.268. The molecule has 0 atom stereocenters. The van der Waals surface area contributed by atoms with Crippen molar-refractivity contribution in [2.24, 2.45) is 0 Å². The van der Waals surface area contributed by atoms with E-state index >= 15 is 0 Å². The van der Waals surface area contributed by atoms with Crippen molar-refractivity contribution in [2.75, 3.05) is 6.54 Å². The topological polar surface area (TPSA) is 185 Å². The number of carbonyl (C=O) groups excluding carboxylic acids is 1. The first-order chi connectivity index (χ1) is 17.8. The number of amides is 2. The van der Waals surface area contributed by atoms with Gasteiger partial charge in [0.05, 0.1) is 6.07 Å². The average Bonchev–Trinajstić information content (AvgIpc) is 3.44. The molecule has 0 saturated carbocycles. The zero-order chi connectivity index (χ0) is 26.8. The molecule has 0 bridgehead atoms. The van der Waals surface area contributed by atoms with E-state index in [2.05, 4.69) is 25.9 Å². The summed E-state index contributed by atoms with van der Waals surface area (Å²) in [5, 5.41) is 44.2. The summed E-state index contributed by atoms with van der Waals surface area (Å²) in [6, 6.07) is 16.0. The minimum absolute atomic E-state index is 0.132. The number of carboxylic acid groups (broad SMARTS) is 2. The molecule has 4 N–H and O–H groups in total. The Balaban J connectivity index is 1.83. The van der Waals surface area contributed by atoms with Gasteiger partial charge in [-0.05, 0) is 33.5 Å². The van der Waals surface area contributed by atoms with Gasteiger partial charge in [0.25, 0.3) is 0 Å². The number of H-pyrrole nitrogens is 1. The monoisotopic (exact) mass is 505 g/mol. The summed E-state index contributed by atoms with van der Waals surface area (Å²) in [7, 11) is 0. The fraction of sp³-hybridized carbons (Fsp3) is 0.320. The molecule has 0 unspecified atom stereocenters. The number of nitrogens with one attached hydrogen (secondary N) is 2. The summed E-state index contributed by atoms with van der Waals surface area (Å²) in [6.45, 7) is 2.37. The number of carbonyl (C=O) groups is 3. The normalized spacial score (nSPS) is 10.9. The maximum Gasteiger partial charge on any atom is 0.341 e. The van der Waals surface area contributed by atoms with Crippen molar-refractivity contribution in [3.8, 4) is 28.6 Å².